The van der Waals surface area contributed by atoms with Crippen molar-refractivity contribution in [1.29, 1.82) is 0 Å². The van der Waals surface area contributed by atoms with Gasteiger partial charge in [0, 0.05) is 13.2 Å². The van der Waals surface area contributed by atoms with E-state index in [1.165, 1.54) is 18.4 Å². The Morgan fingerprint density at radius 3 is 2.84 bits per heavy atom. The van der Waals surface area contributed by atoms with Gasteiger partial charge in [-0.2, -0.15) is 0 Å². The van der Waals surface area contributed by atoms with E-state index in [1.807, 2.05) is 6.07 Å². The quantitative estimate of drug-likeness (QED) is 0.886. The Labute approximate surface area is 115 Å². The molecule has 2 aliphatic rings. The van der Waals surface area contributed by atoms with Crippen molar-refractivity contribution in [2.75, 3.05) is 13.7 Å². The van der Waals surface area contributed by atoms with Gasteiger partial charge in [-0.1, -0.05) is 18.2 Å². The normalized spacial score (nSPS) is 25.3. The van der Waals surface area contributed by atoms with Crippen LogP contribution in [0.4, 0.5) is 0 Å². The maximum Gasteiger partial charge on any atom is 0.122 e. The van der Waals surface area contributed by atoms with E-state index in [1.54, 1.807) is 7.11 Å². The maximum absolute atomic E-state index is 6.39. The van der Waals surface area contributed by atoms with Crippen molar-refractivity contribution < 1.29 is 9.47 Å². The Hall–Kier alpha value is -1.06. The summed E-state index contributed by atoms with van der Waals surface area (Å²) in [6.45, 7) is 0.801. The molecule has 0 saturated heterocycles. The molecule has 1 aromatic rings. The molecule has 2 N–H and O–H groups in total. The summed E-state index contributed by atoms with van der Waals surface area (Å²) in [5.74, 6) is 2.23. The summed E-state index contributed by atoms with van der Waals surface area (Å²) in [5.41, 5.74) is 7.71. The van der Waals surface area contributed by atoms with Crippen molar-refractivity contribution in [2.45, 2.75) is 43.7 Å². The Kier molecular flexibility index (Phi) is 3.76. The highest BCUT2D eigenvalue weighted by molar-refractivity contribution is 5.37. The molecule has 0 amide bonds. The first kappa shape index (κ1) is 12.9. The van der Waals surface area contributed by atoms with Crippen LogP contribution in [-0.4, -0.2) is 25.9 Å². The molecule has 0 bridgehead atoms. The van der Waals surface area contributed by atoms with Crippen molar-refractivity contribution in [3.8, 4) is 5.75 Å². The Morgan fingerprint density at radius 2 is 2.11 bits per heavy atom. The van der Waals surface area contributed by atoms with Gasteiger partial charge in [0.2, 0.25) is 0 Å². The number of hydrogen-bond acceptors (Lipinski definition) is 3. The van der Waals surface area contributed by atoms with Crippen LogP contribution in [0.25, 0.3) is 0 Å². The lowest BCUT2D eigenvalue weighted by Gasteiger charge is -2.30. The minimum atomic E-state index is 0.133. The van der Waals surface area contributed by atoms with E-state index >= 15 is 0 Å². The van der Waals surface area contributed by atoms with Gasteiger partial charge >= 0.3 is 0 Å². The Morgan fingerprint density at radius 1 is 1.32 bits per heavy atom. The molecule has 1 saturated carbocycles. The molecule has 3 rings (SSSR count). The first-order chi connectivity index (χ1) is 9.29. The fourth-order valence-electron chi connectivity index (χ4n) is 3.26. The number of benzene rings is 1. The lowest BCUT2D eigenvalue weighted by molar-refractivity contribution is 0.0567. The Bertz CT molecular complexity index is 431. The molecule has 1 aromatic carbocycles. The minimum Gasteiger partial charge on any atom is -0.493 e. The minimum absolute atomic E-state index is 0.133. The van der Waals surface area contributed by atoms with Crippen LogP contribution in [0.5, 0.6) is 5.75 Å². The zero-order valence-corrected chi connectivity index (χ0v) is 11.5. The van der Waals surface area contributed by atoms with Gasteiger partial charge in [0.25, 0.3) is 0 Å². The molecular weight excluding hydrogens is 238 g/mol. The molecule has 19 heavy (non-hydrogen) atoms. The summed E-state index contributed by atoms with van der Waals surface area (Å²) < 4.78 is 11.3. The average Bonchev–Trinajstić information content (AvgIpc) is 3.25. The van der Waals surface area contributed by atoms with Crippen LogP contribution in [-0.2, 0) is 4.74 Å². The summed E-state index contributed by atoms with van der Waals surface area (Å²) in [5, 5.41) is 0. The lowest BCUT2D eigenvalue weighted by atomic mass is 9.85. The van der Waals surface area contributed by atoms with Crippen LogP contribution in [0.3, 0.4) is 0 Å². The molecule has 1 fully saturated rings. The maximum atomic E-state index is 6.39. The SMILES string of the molecule is COC(C(N)CC1CCOc2ccccc21)C1CC1. The molecule has 3 nitrogen and oxygen atoms in total. The van der Waals surface area contributed by atoms with Crippen LogP contribution < -0.4 is 10.5 Å². The predicted octanol–water partition coefficient (Wildman–Crippen LogP) is 2.70. The van der Waals surface area contributed by atoms with E-state index in [0.29, 0.717) is 11.8 Å². The summed E-state index contributed by atoms with van der Waals surface area (Å²) in [6, 6.07) is 8.48. The van der Waals surface area contributed by atoms with Crippen LogP contribution >= 0.6 is 0 Å². The molecule has 1 aliphatic heterocycles. The van der Waals surface area contributed by atoms with E-state index in [-0.39, 0.29) is 12.1 Å². The lowest BCUT2D eigenvalue weighted by Crippen LogP contribution is -2.39. The number of hydrogen-bond donors (Lipinski definition) is 1. The molecule has 1 heterocycles. The van der Waals surface area contributed by atoms with Crippen molar-refractivity contribution in [1.82, 2.24) is 0 Å². The van der Waals surface area contributed by atoms with Crippen molar-refractivity contribution in [3.63, 3.8) is 0 Å². The summed E-state index contributed by atoms with van der Waals surface area (Å²) in [6.07, 6.45) is 4.84. The van der Waals surface area contributed by atoms with Gasteiger partial charge < -0.3 is 15.2 Å². The van der Waals surface area contributed by atoms with Crippen LogP contribution in [0, 0.1) is 5.92 Å². The number of ether oxygens (including phenoxy) is 2. The number of fused-ring (bicyclic) bond motifs is 1. The number of rotatable bonds is 5. The van der Waals surface area contributed by atoms with E-state index < -0.39 is 0 Å². The predicted molar refractivity (Wildman–Crippen MR) is 75.4 cm³/mol. The first-order valence-corrected chi connectivity index (χ1v) is 7.29. The van der Waals surface area contributed by atoms with Gasteiger partial charge in [-0.3, -0.25) is 0 Å². The fraction of sp³-hybridized carbons (Fsp3) is 0.625. The van der Waals surface area contributed by atoms with Gasteiger partial charge in [0.15, 0.2) is 0 Å². The van der Waals surface area contributed by atoms with Gasteiger partial charge in [-0.15, -0.1) is 0 Å². The van der Waals surface area contributed by atoms with Gasteiger partial charge in [0.1, 0.15) is 5.75 Å². The summed E-state index contributed by atoms with van der Waals surface area (Å²) in [4.78, 5) is 0. The number of methoxy groups -OCH3 is 1. The third-order valence-corrected chi connectivity index (χ3v) is 4.42. The van der Waals surface area contributed by atoms with Crippen LogP contribution in [0.15, 0.2) is 24.3 Å². The van der Waals surface area contributed by atoms with Crippen molar-refractivity contribution >= 4 is 0 Å². The average molecular weight is 261 g/mol. The fourth-order valence-corrected chi connectivity index (χ4v) is 3.26. The summed E-state index contributed by atoms with van der Waals surface area (Å²) >= 11 is 0. The highest BCUT2D eigenvalue weighted by atomic mass is 16.5. The monoisotopic (exact) mass is 261 g/mol. The molecule has 0 aromatic heterocycles. The number of nitrogens with two attached hydrogens (primary N) is 1. The molecular formula is C16H23NO2. The molecule has 3 heteroatoms. The van der Waals surface area contributed by atoms with Gasteiger partial charge in [0.05, 0.1) is 12.7 Å². The van der Waals surface area contributed by atoms with E-state index in [4.69, 9.17) is 15.2 Å². The standard InChI is InChI=1S/C16H23NO2/c1-18-16(11-6-7-11)14(17)10-12-8-9-19-15-5-3-2-4-13(12)15/h2-5,11-12,14,16H,6-10,17H2,1H3. The third-order valence-electron chi connectivity index (χ3n) is 4.42. The van der Waals surface area contributed by atoms with Crippen LogP contribution in [0.1, 0.15) is 37.2 Å². The summed E-state index contributed by atoms with van der Waals surface area (Å²) in [7, 11) is 1.79. The smallest absolute Gasteiger partial charge is 0.122 e. The molecule has 104 valence electrons. The van der Waals surface area contributed by atoms with Crippen molar-refractivity contribution in [2.24, 2.45) is 11.7 Å². The largest absolute Gasteiger partial charge is 0.493 e. The highest BCUT2D eigenvalue weighted by Gasteiger charge is 2.36. The second kappa shape index (κ2) is 5.51. The second-order valence-corrected chi connectivity index (χ2v) is 5.81. The topological polar surface area (TPSA) is 44.5 Å². The van der Waals surface area contributed by atoms with Crippen LogP contribution in [0.2, 0.25) is 0 Å². The molecule has 3 atom stereocenters. The second-order valence-electron chi connectivity index (χ2n) is 5.81. The zero-order valence-electron chi connectivity index (χ0n) is 11.5. The molecule has 3 unspecified atom stereocenters. The van der Waals surface area contributed by atoms with E-state index in [0.717, 1.165) is 25.2 Å². The zero-order chi connectivity index (χ0) is 13.2. The first-order valence-electron chi connectivity index (χ1n) is 7.29. The molecule has 0 spiro atoms. The highest BCUT2D eigenvalue weighted by Crippen LogP contribution is 2.40. The Balaban J connectivity index is 1.70. The molecule has 0 radical (unpaired) electrons. The van der Waals surface area contributed by atoms with Crippen molar-refractivity contribution in [3.05, 3.63) is 29.8 Å². The van der Waals surface area contributed by atoms with Gasteiger partial charge in [-0.25, -0.2) is 0 Å². The van der Waals surface area contributed by atoms with E-state index in [2.05, 4.69) is 18.2 Å². The molecule has 1 aliphatic carbocycles. The van der Waals surface area contributed by atoms with Gasteiger partial charge in [-0.05, 0) is 49.1 Å². The third kappa shape index (κ3) is 2.77. The number of para-hydroxylation sites is 1. The van der Waals surface area contributed by atoms with E-state index in [9.17, 15) is 0 Å².